The van der Waals surface area contributed by atoms with Crippen LogP contribution in [0.1, 0.15) is 52.4 Å². The van der Waals surface area contributed by atoms with Crippen LogP contribution in [0, 0.1) is 5.92 Å². The van der Waals surface area contributed by atoms with Gasteiger partial charge in [-0.25, -0.2) is 0 Å². The molecule has 2 heterocycles. The SMILES string of the molecule is CC(C)CCCCCCC1C(O)NC23C=C(O)C=CC2N13. The van der Waals surface area contributed by atoms with Crippen LogP contribution in [0.15, 0.2) is 24.0 Å². The molecular formula is C17H28N2O2. The molecule has 0 saturated carbocycles. The molecule has 118 valence electrons. The summed E-state index contributed by atoms with van der Waals surface area (Å²) in [6.07, 6.45) is 12.5. The van der Waals surface area contributed by atoms with E-state index in [0.29, 0.717) is 11.8 Å². The number of hydrogen-bond donors (Lipinski definition) is 3. The lowest BCUT2D eigenvalue weighted by atomic mass is 10.0. The maximum absolute atomic E-state index is 10.2. The van der Waals surface area contributed by atoms with E-state index in [4.69, 9.17) is 0 Å². The van der Waals surface area contributed by atoms with E-state index in [1.807, 2.05) is 12.2 Å². The summed E-state index contributed by atoms with van der Waals surface area (Å²) < 4.78 is 0. The van der Waals surface area contributed by atoms with Gasteiger partial charge in [-0.15, -0.1) is 0 Å². The van der Waals surface area contributed by atoms with Crippen LogP contribution < -0.4 is 5.32 Å². The first-order valence-electron chi connectivity index (χ1n) is 8.39. The summed E-state index contributed by atoms with van der Waals surface area (Å²) in [5.74, 6) is 1.10. The van der Waals surface area contributed by atoms with E-state index < -0.39 is 6.23 Å². The molecule has 3 aliphatic rings. The third kappa shape index (κ3) is 2.77. The van der Waals surface area contributed by atoms with Crippen LogP contribution in [0.5, 0.6) is 0 Å². The van der Waals surface area contributed by atoms with Crippen molar-refractivity contribution in [3.63, 3.8) is 0 Å². The van der Waals surface area contributed by atoms with Crippen LogP contribution >= 0.6 is 0 Å². The molecule has 3 rings (SSSR count). The zero-order valence-corrected chi connectivity index (χ0v) is 13.1. The van der Waals surface area contributed by atoms with E-state index in [1.165, 1.54) is 32.1 Å². The molecule has 3 N–H and O–H groups in total. The van der Waals surface area contributed by atoms with Crippen molar-refractivity contribution in [2.45, 2.75) is 76.3 Å². The van der Waals surface area contributed by atoms with Gasteiger partial charge in [0.05, 0.1) is 12.1 Å². The van der Waals surface area contributed by atoms with Crippen molar-refractivity contribution in [2.75, 3.05) is 0 Å². The van der Waals surface area contributed by atoms with E-state index in [-0.39, 0.29) is 11.7 Å². The van der Waals surface area contributed by atoms with Gasteiger partial charge in [0.25, 0.3) is 0 Å². The fourth-order valence-electron chi connectivity index (χ4n) is 3.94. The molecule has 0 aromatic heterocycles. The van der Waals surface area contributed by atoms with Gasteiger partial charge < -0.3 is 10.2 Å². The van der Waals surface area contributed by atoms with Gasteiger partial charge in [-0.3, -0.25) is 10.2 Å². The Bertz CT molecular complexity index is 446. The number of unbranched alkanes of at least 4 members (excludes halogenated alkanes) is 3. The molecular weight excluding hydrogens is 264 g/mol. The molecule has 2 saturated heterocycles. The Morgan fingerprint density at radius 1 is 1.29 bits per heavy atom. The minimum atomic E-state index is -0.479. The van der Waals surface area contributed by atoms with Gasteiger partial charge in [-0.1, -0.05) is 52.0 Å². The topological polar surface area (TPSA) is 55.5 Å². The highest BCUT2D eigenvalue weighted by molar-refractivity contribution is 5.43. The summed E-state index contributed by atoms with van der Waals surface area (Å²) in [7, 11) is 0. The summed E-state index contributed by atoms with van der Waals surface area (Å²) in [6, 6.07) is 0.481. The maximum Gasteiger partial charge on any atom is 0.122 e. The second kappa shape index (κ2) is 5.75. The van der Waals surface area contributed by atoms with Gasteiger partial charge in [0, 0.05) is 0 Å². The largest absolute Gasteiger partial charge is 0.508 e. The number of piperazine rings is 1. The number of fused-ring (bicyclic) bond motifs is 1. The van der Waals surface area contributed by atoms with Crippen molar-refractivity contribution in [3.05, 3.63) is 24.0 Å². The number of hydrogen-bond acceptors (Lipinski definition) is 4. The molecule has 1 spiro atoms. The van der Waals surface area contributed by atoms with Crippen molar-refractivity contribution in [1.82, 2.24) is 10.2 Å². The second-order valence-corrected chi connectivity index (χ2v) is 7.15. The molecule has 5 atom stereocenters. The molecule has 0 amide bonds. The Kier molecular flexibility index (Phi) is 4.12. The Balaban J connectivity index is 1.44. The highest BCUT2D eigenvalue weighted by atomic mass is 16.3. The number of allylic oxidation sites excluding steroid dienone is 1. The molecule has 4 heteroatoms. The van der Waals surface area contributed by atoms with E-state index in [2.05, 4.69) is 24.1 Å². The van der Waals surface area contributed by atoms with Crippen LogP contribution in [0.25, 0.3) is 0 Å². The summed E-state index contributed by atoms with van der Waals surface area (Å²) in [5.41, 5.74) is -0.305. The first-order valence-corrected chi connectivity index (χ1v) is 8.39. The lowest BCUT2D eigenvalue weighted by Crippen LogP contribution is -2.42. The highest BCUT2D eigenvalue weighted by Gasteiger charge is 2.70. The van der Waals surface area contributed by atoms with E-state index in [1.54, 1.807) is 6.08 Å². The molecule has 1 aliphatic carbocycles. The van der Waals surface area contributed by atoms with Crippen molar-refractivity contribution < 1.29 is 10.2 Å². The number of rotatable bonds is 7. The monoisotopic (exact) mass is 292 g/mol. The first kappa shape index (κ1) is 15.1. The predicted octanol–water partition coefficient (Wildman–Crippen LogP) is 2.67. The third-order valence-electron chi connectivity index (χ3n) is 5.06. The molecule has 0 aromatic carbocycles. The fourth-order valence-corrected chi connectivity index (χ4v) is 3.94. The standard InChI is InChI=1S/C17H28N2O2/c1-12(2)7-5-3-4-6-8-14-16(21)18-17-11-13(20)9-10-15(17)19(14)17/h9-12,14-16,18,20-21H,3-8H2,1-2H3. The number of nitrogens with zero attached hydrogens (tertiary/aromatic N) is 1. The third-order valence-corrected chi connectivity index (χ3v) is 5.06. The zero-order valence-electron chi connectivity index (χ0n) is 13.1. The molecule has 0 radical (unpaired) electrons. The van der Waals surface area contributed by atoms with Gasteiger partial charge in [0.1, 0.15) is 17.6 Å². The Morgan fingerprint density at radius 3 is 2.81 bits per heavy atom. The van der Waals surface area contributed by atoms with Crippen LogP contribution in [0.3, 0.4) is 0 Å². The molecule has 2 fully saturated rings. The number of nitrogens with one attached hydrogen (secondary N) is 1. The van der Waals surface area contributed by atoms with Gasteiger partial charge in [0.15, 0.2) is 0 Å². The normalized spacial score (nSPS) is 40.1. The van der Waals surface area contributed by atoms with Crippen molar-refractivity contribution >= 4 is 0 Å². The van der Waals surface area contributed by atoms with Crippen molar-refractivity contribution in [2.24, 2.45) is 5.92 Å². The van der Waals surface area contributed by atoms with E-state index >= 15 is 0 Å². The average Bonchev–Trinajstić information content (AvgIpc) is 2.94. The quantitative estimate of drug-likeness (QED) is 0.499. The lowest BCUT2D eigenvalue weighted by molar-refractivity contribution is 0.0988. The molecule has 21 heavy (non-hydrogen) atoms. The number of aliphatic hydroxyl groups excluding tert-OH is 2. The molecule has 4 nitrogen and oxygen atoms in total. The van der Waals surface area contributed by atoms with E-state index in [9.17, 15) is 10.2 Å². The minimum Gasteiger partial charge on any atom is -0.508 e. The molecule has 0 bridgehead atoms. The van der Waals surface area contributed by atoms with Gasteiger partial charge in [-0.2, -0.15) is 0 Å². The zero-order chi connectivity index (χ0) is 15.0. The maximum atomic E-state index is 10.2. The predicted molar refractivity (Wildman–Crippen MR) is 83.7 cm³/mol. The summed E-state index contributed by atoms with van der Waals surface area (Å²) in [6.45, 7) is 4.55. The first-order chi connectivity index (χ1) is 10.0. The van der Waals surface area contributed by atoms with Crippen LogP contribution in [0.2, 0.25) is 0 Å². The van der Waals surface area contributed by atoms with Crippen molar-refractivity contribution in [1.29, 1.82) is 0 Å². The average molecular weight is 292 g/mol. The number of aliphatic hydroxyl groups is 2. The second-order valence-electron chi connectivity index (χ2n) is 7.15. The molecule has 5 unspecified atom stereocenters. The smallest absolute Gasteiger partial charge is 0.122 e. The van der Waals surface area contributed by atoms with Gasteiger partial charge in [0.2, 0.25) is 0 Å². The summed E-state index contributed by atoms with van der Waals surface area (Å²) >= 11 is 0. The Hall–Kier alpha value is -0.840. The molecule has 0 aromatic rings. The van der Waals surface area contributed by atoms with Crippen LogP contribution in [-0.2, 0) is 0 Å². The molecule has 2 aliphatic heterocycles. The highest BCUT2D eigenvalue weighted by Crippen LogP contribution is 2.51. The lowest BCUT2D eigenvalue weighted by Gasteiger charge is -2.20. The van der Waals surface area contributed by atoms with Crippen molar-refractivity contribution in [3.8, 4) is 0 Å². The Morgan fingerprint density at radius 2 is 2.05 bits per heavy atom. The minimum absolute atomic E-state index is 0.173. The van der Waals surface area contributed by atoms with Gasteiger partial charge in [-0.05, 0) is 24.5 Å². The summed E-state index contributed by atoms with van der Waals surface area (Å²) in [5, 5.41) is 23.1. The summed E-state index contributed by atoms with van der Waals surface area (Å²) in [4.78, 5) is 2.30. The van der Waals surface area contributed by atoms with Crippen LogP contribution in [0.4, 0.5) is 0 Å². The van der Waals surface area contributed by atoms with Crippen LogP contribution in [-0.4, -0.2) is 39.1 Å². The Labute approximate surface area is 127 Å². The van der Waals surface area contributed by atoms with Gasteiger partial charge >= 0.3 is 0 Å². The fraction of sp³-hybridized carbons (Fsp3) is 0.765. The van der Waals surface area contributed by atoms with E-state index in [0.717, 1.165) is 12.3 Å².